The topological polar surface area (TPSA) is 102 Å². The second-order valence-corrected chi connectivity index (χ2v) is 15.9. The van der Waals surface area contributed by atoms with Gasteiger partial charge in [-0.05, 0) is 117 Å². The molecule has 5 nitrogen and oxygen atoms in total. The summed E-state index contributed by atoms with van der Waals surface area (Å²) in [5.74, 6) is 3.61. The van der Waals surface area contributed by atoms with Crippen LogP contribution in [-0.2, 0) is 0 Å². The van der Waals surface area contributed by atoms with Crippen LogP contribution in [0.15, 0.2) is 186 Å². The van der Waals surface area contributed by atoms with Gasteiger partial charge >= 0.3 is 0 Å². The van der Waals surface area contributed by atoms with Crippen LogP contribution in [-0.4, -0.2) is 13.1 Å². The third-order valence-corrected chi connectivity index (χ3v) is 10.2. The lowest BCUT2D eigenvalue weighted by atomic mass is 9.68. The molecule has 0 aliphatic heterocycles. The van der Waals surface area contributed by atoms with Gasteiger partial charge in [0.25, 0.3) is 0 Å². The monoisotopic (exact) mass is 922 g/mol. The van der Waals surface area contributed by atoms with Crippen molar-refractivity contribution in [1.29, 1.82) is 0 Å². The van der Waals surface area contributed by atoms with E-state index < -0.39 is 0 Å². The van der Waals surface area contributed by atoms with Crippen molar-refractivity contribution in [3.8, 4) is 0 Å². The number of hydrogen-bond acceptors (Lipinski definition) is 5. The molecule has 3 rings (SSSR count). The van der Waals surface area contributed by atoms with Gasteiger partial charge in [-0.15, -0.1) is 19.7 Å². The first-order chi connectivity index (χ1) is 32.2. The van der Waals surface area contributed by atoms with Crippen LogP contribution in [0.4, 0.5) is 0 Å². The molecule has 0 saturated carbocycles. The SMILES string of the molecule is C=C.C=C(NCC(C)c1ccccc1)C(=C)C(CCC)C(C[C@@H](C)CC)[C@H](CCCNC(=C)c1ccccc1)CCC(C)C.C=CC.C=CN.C=CN.C=CN.CC.CC.Cc1ccccc1. The second-order valence-electron chi connectivity index (χ2n) is 15.9. The fraction of sp³-hybridized carbons (Fsp3) is 0.452. The summed E-state index contributed by atoms with van der Waals surface area (Å²) < 4.78 is 0. The molecule has 8 N–H and O–H groups in total. The van der Waals surface area contributed by atoms with Crippen LogP contribution < -0.4 is 27.8 Å². The molecule has 0 aliphatic carbocycles. The van der Waals surface area contributed by atoms with E-state index in [1.807, 2.05) is 52.8 Å². The van der Waals surface area contributed by atoms with Gasteiger partial charge in [0.05, 0.1) is 0 Å². The minimum absolute atomic E-state index is 0.424. The van der Waals surface area contributed by atoms with Gasteiger partial charge in [-0.1, -0.05) is 231 Å². The highest BCUT2D eigenvalue weighted by Gasteiger charge is 2.32. The van der Waals surface area contributed by atoms with E-state index in [0.717, 1.165) is 36.8 Å². The lowest BCUT2D eigenvalue weighted by molar-refractivity contribution is 0.170. The zero-order valence-electron chi connectivity index (χ0n) is 45.6. The molecule has 3 aromatic rings. The molecule has 0 amide bonds. The average molecular weight is 923 g/mol. The number of aryl methyl sites for hydroxylation is 1. The molecule has 0 aliphatic rings. The summed E-state index contributed by atoms with van der Waals surface area (Å²) in [5, 5.41) is 7.31. The number of nitrogens with two attached hydrogens (primary N) is 3. The molecular weight excluding hydrogens is 815 g/mol. The average Bonchev–Trinajstić information content (AvgIpc) is 3.35. The Labute approximate surface area is 417 Å². The maximum absolute atomic E-state index is 4.72. The molecule has 0 saturated heterocycles. The van der Waals surface area contributed by atoms with Gasteiger partial charge in [0.2, 0.25) is 0 Å². The number of allylic oxidation sites excluding steroid dienone is 2. The molecular formula is C62H107N5. The Hall–Kier alpha value is -5.42. The Morgan fingerprint density at radius 1 is 0.642 bits per heavy atom. The van der Waals surface area contributed by atoms with E-state index in [9.17, 15) is 0 Å². The third kappa shape index (κ3) is 44.2. The summed E-state index contributed by atoms with van der Waals surface area (Å²) in [6.45, 7) is 60.3. The minimum atomic E-state index is 0.424. The minimum Gasteiger partial charge on any atom is -0.405 e. The molecule has 0 radical (unpaired) electrons. The van der Waals surface area contributed by atoms with Gasteiger partial charge in [-0.2, -0.15) is 0 Å². The van der Waals surface area contributed by atoms with Crippen molar-refractivity contribution >= 4 is 5.70 Å². The fourth-order valence-electron chi connectivity index (χ4n) is 6.79. The first-order valence-corrected chi connectivity index (χ1v) is 24.9. The van der Waals surface area contributed by atoms with Crippen LogP contribution in [0, 0.1) is 36.5 Å². The van der Waals surface area contributed by atoms with Crippen molar-refractivity contribution in [2.24, 2.45) is 46.8 Å². The Bertz CT molecular complexity index is 1510. The van der Waals surface area contributed by atoms with Crippen LogP contribution in [0.5, 0.6) is 0 Å². The molecule has 0 heterocycles. The highest BCUT2D eigenvalue weighted by molar-refractivity contribution is 5.61. The molecule has 3 unspecified atom stereocenters. The number of nitrogens with one attached hydrogen (secondary N) is 2. The second kappa shape index (κ2) is 56.7. The Kier molecular flexibility index (Phi) is 61.9. The number of hydrogen-bond donors (Lipinski definition) is 5. The normalized spacial score (nSPS) is 11.2. The van der Waals surface area contributed by atoms with E-state index in [0.29, 0.717) is 29.6 Å². The van der Waals surface area contributed by atoms with E-state index in [4.69, 9.17) is 6.58 Å². The fourth-order valence-corrected chi connectivity index (χ4v) is 6.79. The van der Waals surface area contributed by atoms with Gasteiger partial charge in [0, 0.05) is 24.5 Å². The Morgan fingerprint density at radius 3 is 1.46 bits per heavy atom. The van der Waals surface area contributed by atoms with Gasteiger partial charge in [-0.25, -0.2) is 0 Å². The smallest absolute Gasteiger partial charge is 0.0340 e. The van der Waals surface area contributed by atoms with Crippen molar-refractivity contribution in [2.45, 2.75) is 140 Å². The standard InChI is InChI=1S/C40H62N2.C7H8.C3H6.3C2H5N.2C2H6.C2H4/c1-10-19-39(33(7)34(8)42-29-32(6)36-20-14-12-15-21-36)40(28-31(5)11-2)38(26-25-30(3)4)24-18-27-41-35(9)37-22-16-13-17-23-37;1-7-5-3-2-4-6-7;1-3-2;3*1-2-3;3*1-2/h12-17,20-23,30-32,38-42H,7-11,18-19,24-29H2,1-6H3;2-6H,1H3;3H,1H2,2H3;3*2H,1,3H2;2*1-2H3;1-2H2/t31-,32?,38+,39?,40?;;;;;;;;/m0......../s1. The van der Waals surface area contributed by atoms with E-state index in [-0.39, 0.29) is 0 Å². The quantitative estimate of drug-likeness (QED) is 0.0393. The maximum Gasteiger partial charge on any atom is 0.0340 e. The van der Waals surface area contributed by atoms with Crippen LogP contribution in [0.2, 0.25) is 0 Å². The van der Waals surface area contributed by atoms with Gasteiger partial charge < -0.3 is 27.8 Å². The molecule has 67 heavy (non-hydrogen) atoms. The van der Waals surface area contributed by atoms with Crippen molar-refractivity contribution in [2.75, 3.05) is 13.1 Å². The molecule has 380 valence electrons. The highest BCUT2D eigenvalue weighted by Crippen LogP contribution is 2.41. The molecule has 0 bridgehead atoms. The van der Waals surface area contributed by atoms with Crippen molar-refractivity contribution in [1.82, 2.24) is 10.6 Å². The maximum atomic E-state index is 4.72. The Balaban J connectivity index is -0.000000306. The molecule has 3 aromatic carbocycles. The Morgan fingerprint density at radius 2 is 1.07 bits per heavy atom. The summed E-state index contributed by atoms with van der Waals surface area (Å²) in [6, 6.07) is 31.5. The first kappa shape index (κ1) is 73.2. The number of benzene rings is 3. The van der Waals surface area contributed by atoms with E-state index in [1.54, 1.807) is 6.08 Å². The zero-order valence-corrected chi connectivity index (χ0v) is 45.6. The summed E-state index contributed by atoms with van der Waals surface area (Å²) in [6.07, 6.45) is 15.3. The van der Waals surface area contributed by atoms with Crippen molar-refractivity contribution in [3.63, 3.8) is 0 Å². The van der Waals surface area contributed by atoms with Gasteiger partial charge in [-0.3, -0.25) is 0 Å². The third-order valence-electron chi connectivity index (χ3n) is 10.2. The van der Waals surface area contributed by atoms with Crippen molar-refractivity contribution in [3.05, 3.63) is 203 Å². The lowest BCUT2D eigenvalue weighted by Crippen LogP contribution is -2.31. The molecule has 0 fully saturated rings. The lowest BCUT2D eigenvalue weighted by Gasteiger charge is -2.38. The molecule has 0 spiro atoms. The van der Waals surface area contributed by atoms with E-state index >= 15 is 0 Å². The van der Waals surface area contributed by atoms with E-state index in [2.05, 4.69) is 202 Å². The molecule has 0 aromatic heterocycles. The summed E-state index contributed by atoms with van der Waals surface area (Å²) >= 11 is 0. The van der Waals surface area contributed by atoms with Gasteiger partial charge in [0.1, 0.15) is 0 Å². The molecule has 5 atom stereocenters. The number of rotatable bonds is 22. The first-order valence-electron chi connectivity index (χ1n) is 24.9. The predicted octanol–water partition coefficient (Wildman–Crippen LogP) is 17.3. The highest BCUT2D eigenvalue weighted by atomic mass is 14.9. The van der Waals surface area contributed by atoms with Crippen LogP contribution in [0.1, 0.15) is 150 Å². The van der Waals surface area contributed by atoms with Gasteiger partial charge in [0.15, 0.2) is 0 Å². The molecule has 5 heteroatoms. The summed E-state index contributed by atoms with van der Waals surface area (Å²) in [7, 11) is 0. The largest absolute Gasteiger partial charge is 0.405 e. The van der Waals surface area contributed by atoms with E-state index in [1.165, 1.54) is 85.8 Å². The van der Waals surface area contributed by atoms with Crippen LogP contribution >= 0.6 is 0 Å². The summed E-state index contributed by atoms with van der Waals surface area (Å²) in [5.41, 5.74) is 21.0. The van der Waals surface area contributed by atoms with Crippen molar-refractivity contribution < 1.29 is 0 Å². The van der Waals surface area contributed by atoms with Crippen LogP contribution in [0.25, 0.3) is 5.70 Å². The predicted molar refractivity (Wildman–Crippen MR) is 312 cm³/mol. The van der Waals surface area contributed by atoms with Crippen LogP contribution in [0.3, 0.4) is 0 Å². The summed E-state index contributed by atoms with van der Waals surface area (Å²) in [4.78, 5) is 0. The zero-order chi connectivity index (χ0) is 52.8.